The summed E-state index contributed by atoms with van der Waals surface area (Å²) in [7, 11) is 1.86. The zero-order chi connectivity index (χ0) is 14.1. The Kier molecular flexibility index (Phi) is 4.17. The fraction of sp³-hybridized carbons (Fsp3) is 0.533. The molecule has 100 valence electrons. The van der Waals surface area contributed by atoms with Gasteiger partial charge in [-0.05, 0) is 52.8 Å². The molecular formula is C15H23NO2. The molecule has 3 heteroatoms. The lowest BCUT2D eigenvalue weighted by atomic mass is 9.94. The van der Waals surface area contributed by atoms with Gasteiger partial charge < -0.3 is 5.11 Å². The highest BCUT2D eigenvalue weighted by Gasteiger charge is 2.35. The summed E-state index contributed by atoms with van der Waals surface area (Å²) in [5.41, 5.74) is 2.70. The largest absolute Gasteiger partial charge is 0.480 e. The predicted octanol–water partition coefficient (Wildman–Crippen LogP) is 3.16. The van der Waals surface area contributed by atoms with Crippen LogP contribution < -0.4 is 0 Å². The van der Waals surface area contributed by atoms with Crippen molar-refractivity contribution in [1.29, 1.82) is 0 Å². The first-order chi connectivity index (χ1) is 8.17. The quantitative estimate of drug-likeness (QED) is 0.891. The van der Waals surface area contributed by atoms with E-state index in [0.29, 0.717) is 0 Å². The van der Waals surface area contributed by atoms with Crippen molar-refractivity contribution >= 4 is 5.97 Å². The maximum Gasteiger partial charge on any atom is 0.323 e. The molecule has 0 bridgehead atoms. The molecule has 1 rings (SSSR count). The van der Waals surface area contributed by atoms with Gasteiger partial charge in [-0.25, -0.2) is 0 Å². The van der Waals surface area contributed by atoms with E-state index < -0.39 is 11.5 Å². The highest BCUT2D eigenvalue weighted by atomic mass is 16.4. The van der Waals surface area contributed by atoms with Crippen LogP contribution in [-0.2, 0) is 4.79 Å². The average molecular weight is 249 g/mol. The summed E-state index contributed by atoms with van der Waals surface area (Å²) < 4.78 is 0. The molecule has 0 saturated carbocycles. The van der Waals surface area contributed by atoms with E-state index in [2.05, 4.69) is 32.0 Å². The number of carboxylic acids is 1. The number of carboxylic acid groups (broad SMARTS) is 1. The fourth-order valence-electron chi connectivity index (χ4n) is 2.05. The van der Waals surface area contributed by atoms with Crippen LogP contribution in [0.3, 0.4) is 0 Å². The van der Waals surface area contributed by atoms with Crippen LogP contribution in [0.5, 0.6) is 0 Å². The smallest absolute Gasteiger partial charge is 0.323 e. The maximum absolute atomic E-state index is 11.3. The molecule has 0 aromatic heterocycles. The molecule has 0 aliphatic rings. The number of aliphatic carboxylic acids is 1. The zero-order valence-corrected chi connectivity index (χ0v) is 12.1. The molecule has 0 heterocycles. The van der Waals surface area contributed by atoms with Crippen LogP contribution in [0.25, 0.3) is 0 Å². The molecule has 1 aromatic carbocycles. The van der Waals surface area contributed by atoms with Crippen molar-refractivity contribution in [3.8, 4) is 0 Å². The molecule has 3 nitrogen and oxygen atoms in total. The standard InChI is InChI=1S/C15H23NO2/c1-10-7-8-11(2)13(9-10)12(3)16(6)15(4,5)14(17)18/h7-9,12H,1-6H3,(H,17,18). The summed E-state index contributed by atoms with van der Waals surface area (Å²) in [6.45, 7) is 9.63. The van der Waals surface area contributed by atoms with E-state index in [1.807, 2.05) is 18.9 Å². The van der Waals surface area contributed by atoms with Crippen molar-refractivity contribution in [2.75, 3.05) is 7.05 Å². The number of hydrogen-bond acceptors (Lipinski definition) is 2. The van der Waals surface area contributed by atoms with Gasteiger partial charge in [0, 0.05) is 6.04 Å². The third-order valence-corrected chi connectivity index (χ3v) is 3.87. The van der Waals surface area contributed by atoms with E-state index >= 15 is 0 Å². The average Bonchev–Trinajstić information content (AvgIpc) is 2.30. The predicted molar refractivity (Wildman–Crippen MR) is 73.8 cm³/mol. The van der Waals surface area contributed by atoms with Crippen LogP contribution in [0, 0.1) is 13.8 Å². The second-order valence-corrected chi connectivity index (χ2v) is 5.51. The Hall–Kier alpha value is -1.35. The first kappa shape index (κ1) is 14.7. The van der Waals surface area contributed by atoms with Crippen LogP contribution in [-0.4, -0.2) is 28.6 Å². The molecule has 0 amide bonds. The van der Waals surface area contributed by atoms with Crippen LogP contribution in [0.4, 0.5) is 0 Å². The number of rotatable bonds is 4. The van der Waals surface area contributed by atoms with Crippen molar-refractivity contribution < 1.29 is 9.90 Å². The second kappa shape index (κ2) is 5.11. The van der Waals surface area contributed by atoms with E-state index in [-0.39, 0.29) is 6.04 Å². The summed E-state index contributed by atoms with van der Waals surface area (Å²) in [5, 5.41) is 9.29. The summed E-state index contributed by atoms with van der Waals surface area (Å²) in [6.07, 6.45) is 0. The Morgan fingerprint density at radius 1 is 1.33 bits per heavy atom. The van der Waals surface area contributed by atoms with Gasteiger partial charge in [0.05, 0.1) is 0 Å². The fourth-order valence-corrected chi connectivity index (χ4v) is 2.05. The number of nitrogens with zero attached hydrogens (tertiary/aromatic N) is 1. The number of hydrogen-bond donors (Lipinski definition) is 1. The Balaban J connectivity index is 3.10. The molecule has 1 unspecified atom stereocenters. The third kappa shape index (κ3) is 2.72. The van der Waals surface area contributed by atoms with E-state index in [1.54, 1.807) is 13.8 Å². The Labute approximate surface area is 109 Å². The van der Waals surface area contributed by atoms with Gasteiger partial charge in [-0.15, -0.1) is 0 Å². The minimum absolute atomic E-state index is 0.0657. The first-order valence-corrected chi connectivity index (χ1v) is 6.21. The minimum atomic E-state index is -0.879. The number of aryl methyl sites for hydroxylation is 2. The maximum atomic E-state index is 11.3. The SMILES string of the molecule is Cc1ccc(C)c(C(C)N(C)C(C)(C)C(=O)O)c1. The summed E-state index contributed by atoms with van der Waals surface area (Å²) >= 11 is 0. The zero-order valence-electron chi connectivity index (χ0n) is 12.1. The lowest BCUT2D eigenvalue weighted by Crippen LogP contribution is -2.48. The highest BCUT2D eigenvalue weighted by molar-refractivity contribution is 5.77. The van der Waals surface area contributed by atoms with Gasteiger partial charge in [-0.1, -0.05) is 23.8 Å². The van der Waals surface area contributed by atoms with Gasteiger partial charge >= 0.3 is 5.97 Å². The van der Waals surface area contributed by atoms with Crippen LogP contribution in [0.15, 0.2) is 18.2 Å². The van der Waals surface area contributed by atoms with Crippen LogP contribution in [0.1, 0.15) is 43.5 Å². The van der Waals surface area contributed by atoms with Gasteiger partial charge in [0.2, 0.25) is 0 Å². The van der Waals surface area contributed by atoms with Crippen molar-refractivity contribution in [1.82, 2.24) is 4.90 Å². The van der Waals surface area contributed by atoms with Crippen molar-refractivity contribution in [2.45, 2.75) is 46.2 Å². The molecule has 0 spiro atoms. The molecule has 1 atom stereocenters. The molecule has 0 aliphatic carbocycles. The highest BCUT2D eigenvalue weighted by Crippen LogP contribution is 2.29. The Morgan fingerprint density at radius 2 is 1.89 bits per heavy atom. The lowest BCUT2D eigenvalue weighted by Gasteiger charge is -2.37. The molecule has 1 N–H and O–H groups in total. The van der Waals surface area contributed by atoms with Crippen LogP contribution in [0.2, 0.25) is 0 Å². The van der Waals surface area contributed by atoms with Gasteiger partial charge in [0.25, 0.3) is 0 Å². The van der Waals surface area contributed by atoms with Crippen LogP contribution >= 0.6 is 0 Å². The monoisotopic (exact) mass is 249 g/mol. The van der Waals surface area contributed by atoms with Gasteiger partial charge in [-0.2, -0.15) is 0 Å². The molecule has 0 fully saturated rings. The first-order valence-electron chi connectivity index (χ1n) is 6.21. The lowest BCUT2D eigenvalue weighted by molar-refractivity contribution is -0.149. The van der Waals surface area contributed by atoms with E-state index in [9.17, 15) is 9.90 Å². The normalized spacial score (nSPS) is 13.7. The molecule has 0 aliphatic heterocycles. The van der Waals surface area contributed by atoms with Crippen molar-refractivity contribution in [2.24, 2.45) is 0 Å². The number of benzene rings is 1. The Morgan fingerprint density at radius 3 is 2.39 bits per heavy atom. The Bertz CT molecular complexity index is 452. The molecular weight excluding hydrogens is 226 g/mol. The number of carbonyl (C=O) groups is 1. The minimum Gasteiger partial charge on any atom is -0.480 e. The molecule has 18 heavy (non-hydrogen) atoms. The van der Waals surface area contributed by atoms with Gasteiger partial charge in [0.15, 0.2) is 0 Å². The van der Waals surface area contributed by atoms with E-state index in [0.717, 1.165) is 0 Å². The van der Waals surface area contributed by atoms with Crippen molar-refractivity contribution in [3.05, 3.63) is 34.9 Å². The molecule has 0 radical (unpaired) electrons. The van der Waals surface area contributed by atoms with E-state index in [4.69, 9.17) is 0 Å². The summed E-state index contributed by atoms with van der Waals surface area (Å²) in [5.74, 6) is -0.804. The molecule has 0 saturated heterocycles. The third-order valence-electron chi connectivity index (χ3n) is 3.87. The van der Waals surface area contributed by atoms with Gasteiger partial charge in [0.1, 0.15) is 5.54 Å². The van der Waals surface area contributed by atoms with Gasteiger partial charge in [-0.3, -0.25) is 9.69 Å². The topological polar surface area (TPSA) is 40.5 Å². The molecule has 1 aromatic rings. The van der Waals surface area contributed by atoms with Crippen molar-refractivity contribution in [3.63, 3.8) is 0 Å². The van der Waals surface area contributed by atoms with E-state index in [1.165, 1.54) is 16.7 Å². The number of likely N-dealkylation sites (N-methyl/N-ethyl adjacent to an activating group) is 1. The summed E-state index contributed by atoms with van der Waals surface area (Å²) in [6, 6.07) is 6.36. The summed E-state index contributed by atoms with van der Waals surface area (Å²) in [4.78, 5) is 13.2. The second-order valence-electron chi connectivity index (χ2n) is 5.51.